The molecule has 1 fully saturated rings. The zero-order chi connectivity index (χ0) is 24.7. The zero-order valence-electron chi connectivity index (χ0n) is 19.5. The topological polar surface area (TPSA) is 77.8 Å². The Bertz CT molecular complexity index is 949. The van der Waals surface area contributed by atoms with Gasteiger partial charge < -0.3 is 15.1 Å². The van der Waals surface area contributed by atoms with Crippen LogP contribution in [0.25, 0.3) is 0 Å². The van der Waals surface area contributed by atoms with Crippen molar-refractivity contribution in [2.75, 3.05) is 6.54 Å². The summed E-state index contributed by atoms with van der Waals surface area (Å²) in [5.74, 6) is -5.44. The molecule has 2 N–H and O–H groups in total. The first-order valence-corrected chi connectivity index (χ1v) is 12.7. The number of carboxylic acids is 1. The third-order valence-corrected chi connectivity index (χ3v) is 7.75. The van der Waals surface area contributed by atoms with E-state index >= 15 is 0 Å². The number of nitrogens with zero attached hydrogens (tertiary/aromatic N) is 1. The van der Waals surface area contributed by atoms with Crippen molar-refractivity contribution >= 4 is 23.2 Å². The Hall–Kier alpha value is -2.32. The van der Waals surface area contributed by atoms with E-state index in [1.807, 2.05) is 25.1 Å². The molecule has 5 nitrogen and oxygen atoms in total. The Morgan fingerprint density at radius 3 is 2.56 bits per heavy atom. The van der Waals surface area contributed by atoms with Crippen molar-refractivity contribution < 1.29 is 28.6 Å². The van der Waals surface area contributed by atoms with Gasteiger partial charge in [-0.1, -0.05) is 37.3 Å². The smallest absolute Gasteiger partial charge is 0.345 e. The Morgan fingerprint density at radius 2 is 1.88 bits per heavy atom. The molecule has 1 amide bonds. The van der Waals surface area contributed by atoms with Crippen LogP contribution in [-0.4, -0.2) is 51.6 Å². The summed E-state index contributed by atoms with van der Waals surface area (Å²) in [6.07, 6.45) is 3.35. The lowest BCUT2D eigenvalue weighted by atomic mass is 9.92. The molecule has 0 spiro atoms. The number of benzene rings is 1. The van der Waals surface area contributed by atoms with Crippen molar-refractivity contribution in [1.29, 1.82) is 0 Å². The normalized spacial score (nSPS) is 19.4. The lowest BCUT2D eigenvalue weighted by Crippen LogP contribution is -2.37. The van der Waals surface area contributed by atoms with Crippen LogP contribution in [-0.2, 0) is 17.6 Å². The Kier molecular flexibility index (Phi) is 9.19. The predicted molar refractivity (Wildman–Crippen MR) is 128 cm³/mol. The predicted octanol–water partition coefficient (Wildman–Crippen LogP) is 5.42. The first-order chi connectivity index (χ1) is 16.2. The van der Waals surface area contributed by atoms with E-state index in [1.54, 1.807) is 6.07 Å². The fraction of sp³-hybridized carbons (Fsp3) is 0.538. The number of thiophene rings is 1. The summed E-state index contributed by atoms with van der Waals surface area (Å²) in [5.41, 5.74) is 1.26. The van der Waals surface area contributed by atoms with Crippen molar-refractivity contribution in [1.82, 2.24) is 4.90 Å². The molecule has 2 aromatic rings. The maximum absolute atomic E-state index is 14.2. The van der Waals surface area contributed by atoms with Crippen LogP contribution in [0.5, 0.6) is 0 Å². The number of aromatic carboxylic acids is 1. The van der Waals surface area contributed by atoms with E-state index in [4.69, 9.17) is 5.11 Å². The van der Waals surface area contributed by atoms with E-state index in [-0.39, 0.29) is 17.3 Å². The van der Waals surface area contributed by atoms with Crippen LogP contribution in [0.15, 0.2) is 42.5 Å². The van der Waals surface area contributed by atoms with E-state index in [2.05, 4.69) is 12.1 Å². The molecule has 3 rings (SSSR count). The standard InChI is InChI=1S/C26H33F2NO4S/c1-18(7-5-10-19-8-3-2-4-9-19)22(30)14-12-20-17-26(27,28)25(33)29(20)16-6-11-21-13-15-23(34-21)24(31)32/h2-4,8-9,13,15,18,20,22,30H,5-7,10-12,14,16-17H2,1H3,(H,31,32)/t18?,20-,22?/m0/s1. The number of alkyl halides is 2. The summed E-state index contributed by atoms with van der Waals surface area (Å²) >= 11 is 1.16. The van der Waals surface area contributed by atoms with Crippen LogP contribution in [0.4, 0.5) is 8.78 Å². The Balaban J connectivity index is 1.45. The molecule has 0 bridgehead atoms. The number of aliphatic hydroxyl groups is 1. The molecule has 8 heteroatoms. The molecule has 1 saturated heterocycles. The lowest BCUT2D eigenvalue weighted by molar-refractivity contribution is -0.148. The monoisotopic (exact) mass is 493 g/mol. The first-order valence-electron chi connectivity index (χ1n) is 11.9. The highest BCUT2D eigenvalue weighted by atomic mass is 32.1. The number of likely N-dealkylation sites (tertiary alicyclic amines) is 1. The van der Waals surface area contributed by atoms with Gasteiger partial charge in [0.2, 0.25) is 0 Å². The summed E-state index contributed by atoms with van der Waals surface area (Å²) in [6, 6.07) is 12.8. The lowest BCUT2D eigenvalue weighted by Gasteiger charge is -2.26. The molecule has 0 saturated carbocycles. The number of hydrogen-bond acceptors (Lipinski definition) is 4. The highest BCUT2D eigenvalue weighted by molar-refractivity contribution is 7.13. The Labute approximate surface area is 203 Å². The number of hydrogen-bond donors (Lipinski definition) is 2. The summed E-state index contributed by atoms with van der Waals surface area (Å²) in [5, 5.41) is 19.6. The van der Waals surface area contributed by atoms with Crippen LogP contribution in [0.1, 0.15) is 65.6 Å². The van der Waals surface area contributed by atoms with Crippen molar-refractivity contribution in [2.45, 2.75) is 76.4 Å². The molecule has 1 aliphatic rings. The van der Waals surface area contributed by atoms with E-state index in [0.29, 0.717) is 25.7 Å². The SMILES string of the molecule is CC(CCCc1ccccc1)C(O)CC[C@H]1CC(F)(F)C(=O)N1CCCc1ccc(C(=O)O)s1. The second-order valence-electron chi connectivity index (χ2n) is 9.24. The zero-order valence-corrected chi connectivity index (χ0v) is 20.3. The molecule has 34 heavy (non-hydrogen) atoms. The van der Waals surface area contributed by atoms with Crippen molar-refractivity contribution in [3.8, 4) is 0 Å². The molecule has 0 radical (unpaired) electrons. The van der Waals surface area contributed by atoms with Gasteiger partial charge in [-0.3, -0.25) is 4.79 Å². The maximum Gasteiger partial charge on any atom is 0.345 e. The average Bonchev–Trinajstić information content (AvgIpc) is 3.36. The number of aliphatic hydroxyl groups excluding tert-OH is 1. The molecular weight excluding hydrogens is 460 g/mol. The number of carbonyl (C=O) groups excluding carboxylic acids is 1. The second kappa shape index (κ2) is 11.9. The van der Waals surface area contributed by atoms with Gasteiger partial charge in [-0.2, -0.15) is 8.78 Å². The van der Waals surface area contributed by atoms with Crippen LogP contribution >= 0.6 is 11.3 Å². The van der Waals surface area contributed by atoms with Crippen molar-refractivity contribution in [3.63, 3.8) is 0 Å². The summed E-state index contributed by atoms with van der Waals surface area (Å²) in [4.78, 5) is 25.6. The van der Waals surface area contributed by atoms with E-state index in [9.17, 15) is 23.5 Å². The minimum Gasteiger partial charge on any atom is -0.477 e. The largest absolute Gasteiger partial charge is 0.477 e. The van der Waals surface area contributed by atoms with Crippen LogP contribution in [0, 0.1) is 5.92 Å². The number of aryl methyl sites for hydroxylation is 2. The van der Waals surface area contributed by atoms with Gasteiger partial charge in [0.25, 0.3) is 5.91 Å². The van der Waals surface area contributed by atoms with Crippen LogP contribution in [0.3, 0.4) is 0 Å². The van der Waals surface area contributed by atoms with Crippen molar-refractivity contribution in [3.05, 3.63) is 57.8 Å². The van der Waals surface area contributed by atoms with Gasteiger partial charge in [-0.25, -0.2) is 4.79 Å². The van der Waals surface area contributed by atoms with E-state index in [1.165, 1.54) is 16.5 Å². The summed E-state index contributed by atoms with van der Waals surface area (Å²) in [6.45, 7) is 2.18. The maximum atomic E-state index is 14.2. The van der Waals surface area contributed by atoms with Crippen LogP contribution in [0.2, 0.25) is 0 Å². The summed E-state index contributed by atoms with van der Waals surface area (Å²) < 4.78 is 28.3. The molecule has 1 aromatic heterocycles. The van der Waals surface area contributed by atoms with Gasteiger partial charge in [0.15, 0.2) is 0 Å². The van der Waals surface area contributed by atoms with Gasteiger partial charge >= 0.3 is 11.9 Å². The molecule has 186 valence electrons. The summed E-state index contributed by atoms with van der Waals surface area (Å²) in [7, 11) is 0. The number of halogens is 2. The third kappa shape index (κ3) is 7.09. The highest BCUT2D eigenvalue weighted by Gasteiger charge is 2.52. The second-order valence-corrected chi connectivity index (χ2v) is 10.4. The van der Waals surface area contributed by atoms with Gasteiger partial charge in [-0.05, 0) is 68.6 Å². The van der Waals surface area contributed by atoms with Crippen LogP contribution < -0.4 is 0 Å². The number of rotatable bonds is 13. The Morgan fingerprint density at radius 1 is 1.15 bits per heavy atom. The molecule has 3 atom stereocenters. The third-order valence-electron chi connectivity index (χ3n) is 6.62. The highest BCUT2D eigenvalue weighted by Crippen LogP contribution is 2.36. The fourth-order valence-corrected chi connectivity index (χ4v) is 5.46. The molecular formula is C26H33F2NO4S. The molecule has 2 unspecified atom stereocenters. The number of carboxylic acid groups (broad SMARTS) is 1. The molecule has 1 aromatic carbocycles. The van der Waals surface area contributed by atoms with Gasteiger partial charge in [0, 0.05) is 23.9 Å². The molecule has 1 aliphatic heterocycles. The van der Waals surface area contributed by atoms with E-state index < -0.39 is 36.4 Å². The van der Waals surface area contributed by atoms with Crippen molar-refractivity contribution in [2.24, 2.45) is 5.92 Å². The number of amides is 1. The molecule has 0 aliphatic carbocycles. The van der Waals surface area contributed by atoms with Gasteiger partial charge in [0.1, 0.15) is 4.88 Å². The van der Waals surface area contributed by atoms with Gasteiger partial charge in [0.05, 0.1) is 6.10 Å². The minimum absolute atomic E-state index is 0.0528. The first kappa shape index (κ1) is 26.3. The van der Waals surface area contributed by atoms with E-state index in [0.717, 1.165) is 35.5 Å². The molecule has 2 heterocycles. The van der Waals surface area contributed by atoms with Gasteiger partial charge in [-0.15, -0.1) is 11.3 Å². The minimum atomic E-state index is -3.36. The number of carbonyl (C=O) groups is 2. The quantitative estimate of drug-likeness (QED) is 0.391. The average molecular weight is 494 g/mol. The fourth-order valence-electron chi connectivity index (χ4n) is 4.58.